The van der Waals surface area contributed by atoms with Crippen LogP contribution in [0.5, 0.6) is 0 Å². The molecule has 172 valence electrons. The highest BCUT2D eigenvalue weighted by atomic mass is 16.2. The van der Waals surface area contributed by atoms with Gasteiger partial charge >= 0.3 is 0 Å². The Bertz CT molecular complexity index is 1720. The molecule has 3 nitrogen and oxygen atoms in total. The summed E-state index contributed by atoms with van der Waals surface area (Å²) >= 11 is 0. The second-order valence-electron chi connectivity index (χ2n) is 9.48. The summed E-state index contributed by atoms with van der Waals surface area (Å²) in [5.41, 5.74) is 9.45. The predicted molar refractivity (Wildman–Crippen MR) is 145 cm³/mol. The Hall–Kier alpha value is -4.50. The van der Waals surface area contributed by atoms with Crippen molar-refractivity contribution in [1.82, 2.24) is 4.90 Å². The zero-order chi connectivity index (χ0) is 24.4. The molecule has 1 aliphatic heterocycles. The van der Waals surface area contributed by atoms with Gasteiger partial charge in [-0.2, -0.15) is 0 Å². The molecule has 3 heteroatoms. The molecule has 36 heavy (non-hydrogen) atoms. The maximum absolute atomic E-state index is 13.7. The standard InChI is InChI=1S/C33H23NO2/c1-2-18-34-32(35)26-19-25-29-23(20-10-5-3-6-11-20)17-16-22-14-9-15-24(27(22)29)30(25)28(31(26)33(34)36)21-12-7-4-8-13-21/h3-17,19H,2,18H2,1H3. The number of hydrogen-bond donors (Lipinski definition) is 0. The highest BCUT2D eigenvalue weighted by molar-refractivity contribution is 6.30. The number of rotatable bonds is 4. The fraction of sp³-hybridized carbons (Fsp3) is 0.0909. The zero-order valence-electron chi connectivity index (χ0n) is 19.9. The Labute approximate surface area is 209 Å². The lowest BCUT2D eigenvalue weighted by atomic mass is 9.86. The molecule has 0 radical (unpaired) electrons. The van der Waals surface area contributed by atoms with Crippen molar-refractivity contribution in [3.63, 3.8) is 0 Å². The fourth-order valence-electron chi connectivity index (χ4n) is 5.97. The molecule has 0 N–H and O–H groups in total. The predicted octanol–water partition coefficient (Wildman–Crippen LogP) is 7.83. The molecule has 0 fully saturated rings. The van der Waals surface area contributed by atoms with E-state index >= 15 is 0 Å². The third-order valence-corrected chi connectivity index (χ3v) is 7.44. The third kappa shape index (κ3) is 2.74. The number of amides is 2. The van der Waals surface area contributed by atoms with Gasteiger partial charge in [0.1, 0.15) is 0 Å². The minimum absolute atomic E-state index is 0.190. The van der Waals surface area contributed by atoms with Crippen LogP contribution in [0.15, 0.2) is 97.1 Å². The van der Waals surface area contributed by atoms with Crippen molar-refractivity contribution in [2.45, 2.75) is 13.3 Å². The molecule has 1 heterocycles. The van der Waals surface area contributed by atoms with E-state index in [1.54, 1.807) is 0 Å². The second-order valence-corrected chi connectivity index (χ2v) is 9.48. The summed E-state index contributed by atoms with van der Waals surface area (Å²) in [7, 11) is 0. The Morgan fingerprint density at radius 1 is 0.556 bits per heavy atom. The van der Waals surface area contributed by atoms with Crippen molar-refractivity contribution < 1.29 is 9.59 Å². The number of hydrogen-bond acceptors (Lipinski definition) is 2. The van der Waals surface area contributed by atoms with Gasteiger partial charge in [0.05, 0.1) is 11.1 Å². The molecule has 0 saturated heterocycles. The highest BCUT2D eigenvalue weighted by Crippen LogP contribution is 2.56. The van der Waals surface area contributed by atoms with Gasteiger partial charge in [-0.25, -0.2) is 0 Å². The van der Waals surface area contributed by atoms with E-state index < -0.39 is 0 Å². The Morgan fingerprint density at radius 3 is 2.00 bits per heavy atom. The van der Waals surface area contributed by atoms with Gasteiger partial charge < -0.3 is 0 Å². The maximum atomic E-state index is 13.7. The van der Waals surface area contributed by atoms with Gasteiger partial charge in [-0.15, -0.1) is 0 Å². The van der Waals surface area contributed by atoms with E-state index in [1.165, 1.54) is 10.3 Å². The van der Waals surface area contributed by atoms with Crippen LogP contribution < -0.4 is 0 Å². The van der Waals surface area contributed by atoms with Gasteiger partial charge in [0.2, 0.25) is 0 Å². The summed E-state index contributed by atoms with van der Waals surface area (Å²) in [6, 6.07) is 33.1. The first-order chi connectivity index (χ1) is 17.7. The van der Waals surface area contributed by atoms with E-state index in [9.17, 15) is 9.59 Å². The Balaban J connectivity index is 1.64. The molecular formula is C33H23NO2. The van der Waals surface area contributed by atoms with E-state index in [1.807, 2.05) is 49.4 Å². The van der Waals surface area contributed by atoms with Crippen LogP contribution in [-0.4, -0.2) is 23.3 Å². The molecule has 0 spiro atoms. The molecule has 0 bridgehead atoms. The Kier molecular flexibility index (Phi) is 4.49. The van der Waals surface area contributed by atoms with Gasteiger partial charge in [-0.3, -0.25) is 14.5 Å². The average molecular weight is 466 g/mol. The van der Waals surface area contributed by atoms with E-state index in [0.29, 0.717) is 17.7 Å². The second kappa shape index (κ2) is 7.76. The van der Waals surface area contributed by atoms with E-state index in [2.05, 4.69) is 54.6 Å². The lowest BCUT2D eigenvalue weighted by Gasteiger charge is -2.16. The maximum Gasteiger partial charge on any atom is 0.262 e. The van der Waals surface area contributed by atoms with E-state index in [4.69, 9.17) is 0 Å². The molecule has 0 aromatic heterocycles. The summed E-state index contributed by atoms with van der Waals surface area (Å²) < 4.78 is 0. The first-order valence-electron chi connectivity index (χ1n) is 12.4. The van der Waals surface area contributed by atoms with Gasteiger partial charge in [0.15, 0.2) is 0 Å². The molecular weight excluding hydrogens is 442 g/mol. The molecule has 2 amide bonds. The van der Waals surface area contributed by atoms with Crippen molar-refractivity contribution in [3.05, 3.63) is 108 Å². The summed E-state index contributed by atoms with van der Waals surface area (Å²) in [6.45, 7) is 2.41. The van der Waals surface area contributed by atoms with Crippen LogP contribution in [0.1, 0.15) is 34.1 Å². The van der Waals surface area contributed by atoms with E-state index in [0.717, 1.165) is 56.3 Å². The molecule has 0 atom stereocenters. The normalized spacial score (nSPS) is 13.4. The molecule has 5 aromatic carbocycles. The van der Waals surface area contributed by atoms with Gasteiger partial charge in [0, 0.05) is 12.1 Å². The number of nitrogens with zero attached hydrogens (tertiary/aromatic N) is 1. The molecule has 1 aliphatic carbocycles. The van der Waals surface area contributed by atoms with Crippen molar-refractivity contribution in [2.75, 3.05) is 6.54 Å². The first-order valence-corrected chi connectivity index (χ1v) is 12.4. The molecule has 0 saturated carbocycles. The van der Waals surface area contributed by atoms with Gasteiger partial charge in [-0.05, 0) is 62.2 Å². The zero-order valence-corrected chi connectivity index (χ0v) is 19.9. The number of carbonyl (C=O) groups is 2. The fourth-order valence-corrected chi connectivity index (χ4v) is 5.97. The first kappa shape index (κ1) is 20.8. The summed E-state index contributed by atoms with van der Waals surface area (Å²) in [6.07, 6.45) is 0.728. The van der Waals surface area contributed by atoms with Crippen molar-refractivity contribution >= 4 is 22.6 Å². The van der Waals surface area contributed by atoms with Gasteiger partial charge in [0.25, 0.3) is 11.8 Å². The summed E-state index contributed by atoms with van der Waals surface area (Å²) in [5.74, 6) is -0.383. The molecule has 2 aliphatic rings. The highest BCUT2D eigenvalue weighted by Gasteiger charge is 2.41. The number of carbonyl (C=O) groups excluding carboxylic acids is 2. The number of fused-ring (bicyclic) bond motifs is 4. The quantitative estimate of drug-likeness (QED) is 0.249. The SMILES string of the molecule is CCCN1C(=O)c2cc3c(c(-c4ccccc4)c2C1=O)-c1cccc2ccc(-c4ccccc4)c-3c12. The monoisotopic (exact) mass is 465 g/mol. The number of imide groups is 1. The van der Waals surface area contributed by atoms with Crippen LogP contribution in [0, 0.1) is 0 Å². The third-order valence-electron chi connectivity index (χ3n) is 7.44. The van der Waals surface area contributed by atoms with Crippen LogP contribution in [0.4, 0.5) is 0 Å². The van der Waals surface area contributed by atoms with Crippen molar-refractivity contribution in [1.29, 1.82) is 0 Å². The van der Waals surface area contributed by atoms with Crippen LogP contribution in [0.3, 0.4) is 0 Å². The van der Waals surface area contributed by atoms with Crippen LogP contribution >= 0.6 is 0 Å². The lowest BCUT2D eigenvalue weighted by molar-refractivity contribution is 0.0654. The minimum atomic E-state index is -0.193. The van der Waals surface area contributed by atoms with Crippen LogP contribution in [-0.2, 0) is 0 Å². The van der Waals surface area contributed by atoms with Gasteiger partial charge in [-0.1, -0.05) is 97.9 Å². The summed E-state index contributed by atoms with van der Waals surface area (Å²) in [4.78, 5) is 28.7. The molecule has 7 rings (SSSR count). The topological polar surface area (TPSA) is 37.4 Å². The lowest BCUT2D eigenvalue weighted by Crippen LogP contribution is -2.30. The summed E-state index contributed by atoms with van der Waals surface area (Å²) in [5, 5.41) is 2.34. The van der Waals surface area contributed by atoms with E-state index in [-0.39, 0.29) is 11.8 Å². The molecule has 5 aromatic rings. The largest absolute Gasteiger partial charge is 0.274 e. The Morgan fingerprint density at radius 2 is 1.28 bits per heavy atom. The van der Waals surface area contributed by atoms with Crippen LogP contribution in [0.25, 0.3) is 55.3 Å². The van der Waals surface area contributed by atoms with Crippen molar-refractivity contribution in [3.8, 4) is 44.5 Å². The number of benzene rings is 5. The smallest absolute Gasteiger partial charge is 0.262 e. The average Bonchev–Trinajstić information content (AvgIpc) is 3.38. The van der Waals surface area contributed by atoms with Crippen molar-refractivity contribution in [2.24, 2.45) is 0 Å². The molecule has 0 unspecified atom stereocenters. The minimum Gasteiger partial charge on any atom is -0.274 e. The van der Waals surface area contributed by atoms with Crippen LogP contribution in [0.2, 0.25) is 0 Å².